The molecule has 4 aromatic rings. The molecule has 31 heavy (non-hydrogen) atoms. The molecule has 0 amide bonds. The number of anilines is 1. The number of hydrogen-bond acceptors (Lipinski definition) is 6. The molecule has 0 aliphatic carbocycles. The number of ether oxygens (including phenoxy) is 1. The van der Waals surface area contributed by atoms with Crippen LogP contribution in [0.5, 0.6) is 5.75 Å². The van der Waals surface area contributed by atoms with Gasteiger partial charge in [-0.3, -0.25) is 9.98 Å². The Balaban J connectivity index is 2.01. The maximum absolute atomic E-state index is 13.9. The maximum Gasteiger partial charge on any atom is 0.387 e. The van der Waals surface area contributed by atoms with Crippen molar-refractivity contribution < 1.29 is 27.5 Å². The highest BCUT2D eigenvalue weighted by molar-refractivity contribution is 5.85. The highest BCUT2D eigenvalue weighted by Crippen LogP contribution is 2.34. The minimum Gasteiger partial charge on any atom is -0.435 e. The Hall–Kier alpha value is -4.09. The lowest BCUT2D eigenvalue weighted by Gasteiger charge is -2.16. The minimum absolute atomic E-state index is 0.00124. The van der Waals surface area contributed by atoms with E-state index in [4.69, 9.17) is 11.1 Å². The molecule has 0 saturated carbocycles. The topological polar surface area (TPSA) is 115 Å². The SMILES string of the molecule is Cc1nc2cc(F)c(F)cc2n1-c1nc(=N)n(O)c(N)c1-c1ccc(OC(F)F)cc1. The highest BCUT2D eigenvalue weighted by Gasteiger charge is 2.22. The lowest BCUT2D eigenvalue weighted by Crippen LogP contribution is -2.27. The Bertz CT molecular complexity index is 1370. The monoisotopic (exact) mass is 434 g/mol. The molecular formula is C19H14F4N6O2. The van der Waals surface area contributed by atoms with E-state index in [2.05, 4.69) is 14.7 Å². The molecule has 2 aromatic carbocycles. The molecule has 0 unspecified atom stereocenters. The van der Waals surface area contributed by atoms with E-state index < -0.39 is 23.9 Å². The van der Waals surface area contributed by atoms with Crippen LogP contribution in [0.15, 0.2) is 36.4 Å². The first-order chi connectivity index (χ1) is 14.7. The second-order valence-corrected chi connectivity index (χ2v) is 6.48. The maximum atomic E-state index is 13.9. The molecule has 2 aromatic heterocycles. The summed E-state index contributed by atoms with van der Waals surface area (Å²) in [6, 6.07) is 7.16. The van der Waals surface area contributed by atoms with E-state index in [1.807, 2.05) is 0 Å². The van der Waals surface area contributed by atoms with Gasteiger partial charge in [0.2, 0.25) is 0 Å². The fraction of sp³-hybridized carbons (Fsp3) is 0.105. The highest BCUT2D eigenvalue weighted by atomic mass is 19.3. The van der Waals surface area contributed by atoms with E-state index in [-0.39, 0.29) is 39.8 Å². The molecule has 4 N–H and O–H groups in total. The lowest BCUT2D eigenvalue weighted by molar-refractivity contribution is -0.0498. The number of fused-ring (bicyclic) bond motifs is 1. The van der Waals surface area contributed by atoms with Crippen molar-refractivity contribution in [2.24, 2.45) is 0 Å². The van der Waals surface area contributed by atoms with Crippen LogP contribution in [0.25, 0.3) is 28.0 Å². The predicted molar refractivity (Wildman–Crippen MR) is 101 cm³/mol. The van der Waals surface area contributed by atoms with E-state index >= 15 is 0 Å². The van der Waals surface area contributed by atoms with Crippen molar-refractivity contribution in [2.45, 2.75) is 13.5 Å². The third-order valence-corrected chi connectivity index (χ3v) is 4.56. The Morgan fingerprint density at radius 3 is 2.39 bits per heavy atom. The molecule has 0 fully saturated rings. The molecule has 0 aliphatic heterocycles. The smallest absolute Gasteiger partial charge is 0.387 e. The molecule has 0 aliphatic rings. The molecule has 0 radical (unpaired) electrons. The van der Waals surface area contributed by atoms with Crippen molar-refractivity contribution in [1.29, 1.82) is 5.41 Å². The molecule has 160 valence electrons. The minimum atomic E-state index is -3.01. The van der Waals surface area contributed by atoms with Crippen molar-refractivity contribution in [1.82, 2.24) is 19.3 Å². The Morgan fingerprint density at radius 2 is 1.74 bits per heavy atom. The summed E-state index contributed by atoms with van der Waals surface area (Å²) < 4.78 is 58.5. The normalized spacial score (nSPS) is 11.4. The van der Waals surface area contributed by atoms with Crippen molar-refractivity contribution in [3.63, 3.8) is 0 Å². The van der Waals surface area contributed by atoms with Gasteiger partial charge in [-0.05, 0) is 24.6 Å². The Kier molecular flexibility index (Phi) is 4.76. The third kappa shape index (κ3) is 3.41. The number of benzene rings is 2. The van der Waals surface area contributed by atoms with Gasteiger partial charge < -0.3 is 15.7 Å². The molecule has 8 nitrogen and oxygen atoms in total. The van der Waals surface area contributed by atoms with Gasteiger partial charge in [0.25, 0.3) is 5.62 Å². The third-order valence-electron chi connectivity index (χ3n) is 4.56. The number of nitrogens with two attached hydrogens (primary N) is 1. The van der Waals surface area contributed by atoms with Crippen LogP contribution < -0.4 is 16.1 Å². The number of halogens is 4. The predicted octanol–water partition coefficient (Wildman–Crippen LogP) is 3.38. The second-order valence-electron chi connectivity index (χ2n) is 6.48. The summed E-state index contributed by atoms with van der Waals surface area (Å²) in [5.41, 5.74) is 6.11. The van der Waals surface area contributed by atoms with Crippen molar-refractivity contribution in [3.8, 4) is 22.7 Å². The molecule has 0 spiro atoms. The number of imidazole rings is 1. The number of alkyl halides is 2. The number of hydrogen-bond donors (Lipinski definition) is 3. The van der Waals surface area contributed by atoms with E-state index in [1.54, 1.807) is 6.92 Å². The van der Waals surface area contributed by atoms with Gasteiger partial charge in [0.15, 0.2) is 23.3 Å². The van der Waals surface area contributed by atoms with Crippen molar-refractivity contribution in [3.05, 3.63) is 59.5 Å². The van der Waals surface area contributed by atoms with Gasteiger partial charge in [-0.25, -0.2) is 13.8 Å². The van der Waals surface area contributed by atoms with Crippen LogP contribution >= 0.6 is 0 Å². The van der Waals surface area contributed by atoms with Gasteiger partial charge in [0, 0.05) is 12.1 Å². The van der Waals surface area contributed by atoms with Crippen LogP contribution in [0.1, 0.15) is 5.82 Å². The quantitative estimate of drug-likeness (QED) is 0.337. The first-order valence-corrected chi connectivity index (χ1v) is 8.73. The van der Waals surface area contributed by atoms with Crippen molar-refractivity contribution >= 4 is 16.9 Å². The zero-order chi connectivity index (χ0) is 22.4. The number of aryl methyl sites for hydroxylation is 1. The Labute approximate surface area is 171 Å². The molecule has 4 rings (SSSR count). The van der Waals surface area contributed by atoms with Crippen LogP contribution in [-0.4, -0.2) is 31.1 Å². The molecule has 12 heteroatoms. The molecule has 0 atom stereocenters. The van der Waals surface area contributed by atoms with Crippen molar-refractivity contribution in [2.75, 3.05) is 5.73 Å². The summed E-state index contributed by atoms with van der Waals surface area (Å²) >= 11 is 0. The zero-order valence-electron chi connectivity index (χ0n) is 15.8. The summed E-state index contributed by atoms with van der Waals surface area (Å²) in [5.74, 6) is -2.32. The summed E-state index contributed by atoms with van der Waals surface area (Å²) in [4.78, 5) is 8.24. The van der Waals surface area contributed by atoms with E-state index in [1.165, 1.54) is 28.8 Å². The van der Waals surface area contributed by atoms with Gasteiger partial charge in [0.1, 0.15) is 11.6 Å². The van der Waals surface area contributed by atoms with E-state index in [0.717, 1.165) is 12.1 Å². The average Bonchev–Trinajstić information content (AvgIpc) is 3.01. The number of nitrogens with zero attached hydrogens (tertiary/aromatic N) is 4. The first kappa shape index (κ1) is 20.2. The fourth-order valence-electron chi connectivity index (χ4n) is 3.24. The summed E-state index contributed by atoms with van der Waals surface area (Å²) in [5, 5.41) is 18.0. The molecule has 2 heterocycles. The summed E-state index contributed by atoms with van der Waals surface area (Å²) in [6.45, 7) is -1.45. The summed E-state index contributed by atoms with van der Waals surface area (Å²) in [7, 11) is 0. The van der Waals surface area contributed by atoms with Crippen LogP contribution in [-0.2, 0) is 0 Å². The number of nitrogen functional groups attached to an aromatic ring is 1. The van der Waals surface area contributed by atoms with Gasteiger partial charge >= 0.3 is 6.61 Å². The van der Waals surface area contributed by atoms with Gasteiger partial charge in [-0.1, -0.05) is 12.1 Å². The Morgan fingerprint density at radius 1 is 1.10 bits per heavy atom. The molecule has 0 saturated heterocycles. The fourth-order valence-corrected chi connectivity index (χ4v) is 3.24. The second kappa shape index (κ2) is 7.31. The van der Waals surface area contributed by atoms with E-state index in [0.29, 0.717) is 10.3 Å². The number of nitrogens with one attached hydrogen (secondary N) is 1. The number of aromatic nitrogens is 4. The van der Waals surface area contributed by atoms with Crippen LogP contribution in [0.4, 0.5) is 23.4 Å². The van der Waals surface area contributed by atoms with Crippen LogP contribution in [0, 0.1) is 24.0 Å². The van der Waals surface area contributed by atoms with Gasteiger partial charge in [-0.2, -0.15) is 13.8 Å². The van der Waals surface area contributed by atoms with Gasteiger partial charge in [0.05, 0.1) is 16.6 Å². The number of rotatable bonds is 4. The van der Waals surface area contributed by atoms with Crippen LogP contribution in [0.3, 0.4) is 0 Å². The standard InChI is InChI=1S/C19H14F4N6O2/c1-8-26-13-6-11(20)12(21)7-14(13)28(8)17-15(16(24)29(30)19(25)27-17)9-2-4-10(5-3-9)31-18(22)23/h2-7,18,25,30H,24H2,1H3. The van der Waals surface area contributed by atoms with Gasteiger partial charge in [-0.15, -0.1) is 4.73 Å². The lowest BCUT2D eigenvalue weighted by atomic mass is 10.1. The largest absolute Gasteiger partial charge is 0.435 e. The molecule has 0 bridgehead atoms. The molecular weight excluding hydrogens is 420 g/mol. The average molecular weight is 434 g/mol. The van der Waals surface area contributed by atoms with E-state index in [9.17, 15) is 22.8 Å². The zero-order valence-corrected chi connectivity index (χ0v) is 15.8. The summed E-state index contributed by atoms with van der Waals surface area (Å²) in [6.07, 6.45) is 0. The first-order valence-electron chi connectivity index (χ1n) is 8.73. The van der Waals surface area contributed by atoms with Crippen LogP contribution in [0.2, 0.25) is 0 Å².